The molecule has 21 heavy (non-hydrogen) atoms. The van der Waals surface area contributed by atoms with Gasteiger partial charge >= 0.3 is 5.97 Å². The molecule has 1 saturated heterocycles. The van der Waals surface area contributed by atoms with Crippen LogP contribution in [0.3, 0.4) is 0 Å². The molecule has 0 radical (unpaired) electrons. The van der Waals surface area contributed by atoms with Crippen LogP contribution in [-0.2, 0) is 14.3 Å². The van der Waals surface area contributed by atoms with E-state index in [0.29, 0.717) is 26.1 Å². The molecule has 3 unspecified atom stereocenters. The van der Waals surface area contributed by atoms with E-state index in [1.807, 2.05) is 6.92 Å². The fourth-order valence-corrected chi connectivity index (χ4v) is 3.43. The Labute approximate surface area is 124 Å². The third kappa shape index (κ3) is 2.92. The van der Waals surface area contributed by atoms with Gasteiger partial charge in [-0.25, -0.2) is 0 Å². The summed E-state index contributed by atoms with van der Waals surface area (Å²) in [5.74, 6) is -1.20. The van der Waals surface area contributed by atoms with Crippen molar-refractivity contribution in [3.8, 4) is 0 Å². The van der Waals surface area contributed by atoms with Gasteiger partial charge in [0.25, 0.3) is 0 Å². The van der Waals surface area contributed by atoms with Gasteiger partial charge in [-0.3, -0.25) is 9.59 Å². The van der Waals surface area contributed by atoms with Gasteiger partial charge in [0.1, 0.15) is 0 Å². The minimum Gasteiger partial charge on any atom is -0.481 e. The van der Waals surface area contributed by atoms with Crippen molar-refractivity contribution in [2.75, 3.05) is 13.2 Å². The second-order valence-corrected chi connectivity index (χ2v) is 6.61. The zero-order chi connectivity index (χ0) is 15.7. The first-order valence-electron chi connectivity index (χ1n) is 7.62. The Balaban J connectivity index is 2.03. The Hall–Kier alpha value is -1.14. The van der Waals surface area contributed by atoms with Crippen LogP contribution < -0.4 is 5.32 Å². The predicted octanol–water partition coefficient (Wildman–Crippen LogP) is 0.924. The highest BCUT2D eigenvalue weighted by Gasteiger charge is 2.56. The first-order chi connectivity index (χ1) is 9.84. The summed E-state index contributed by atoms with van der Waals surface area (Å²) in [4.78, 5) is 23.4. The number of ether oxygens (including phenoxy) is 1. The van der Waals surface area contributed by atoms with Crippen molar-refractivity contribution in [1.82, 2.24) is 5.32 Å². The standard InChI is InChI=1S/C15H25NO5/c1-3-14(2,9-12(18)19)13(20)16-10-8-11(17)15(10)4-6-21-7-5-15/h10-11,17H,3-9H2,1-2H3,(H,16,20)(H,18,19). The lowest BCUT2D eigenvalue weighted by molar-refractivity contribution is -0.162. The Morgan fingerprint density at radius 1 is 1.38 bits per heavy atom. The Morgan fingerprint density at radius 2 is 2.00 bits per heavy atom. The molecule has 2 aliphatic rings. The van der Waals surface area contributed by atoms with Crippen LogP contribution in [0, 0.1) is 10.8 Å². The minimum atomic E-state index is -0.969. The number of nitrogens with one attached hydrogen (secondary N) is 1. The third-order valence-corrected chi connectivity index (χ3v) is 5.42. The van der Waals surface area contributed by atoms with E-state index in [9.17, 15) is 14.7 Å². The Kier molecular flexibility index (Phi) is 4.58. The van der Waals surface area contributed by atoms with Gasteiger partial charge in [-0.1, -0.05) is 13.8 Å². The SMILES string of the molecule is CCC(C)(CC(=O)O)C(=O)NC1CC(O)C12CCOCC2. The molecule has 3 atom stereocenters. The van der Waals surface area contributed by atoms with Gasteiger partial charge in [-0.15, -0.1) is 0 Å². The number of rotatable bonds is 5. The normalized spacial score (nSPS) is 30.2. The van der Waals surface area contributed by atoms with Gasteiger partial charge < -0.3 is 20.3 Å². The van der Waals surface area contributed by atoms with E-state index in [2.05, 4.69) is 5.32 Å². The molecular formula is C15H25NO5. The minimum absolute atomic E-state index is 0.0800. The molecule has 0 aromatic rings. The number of hydrogen-bond donors (Lipinski definition) is 3. The molecule has 1 amide bonds. The van der Waals surface area contributed by atoms with Crippen molar-refractivity contribution in [2.24, 2.45) is 10.8 Å². The quantitative estimate of drug-likeness (QED) is 0.701. The van der Waals surface area contributed by atoms with E-state index in [4.69, 9.17) is 9.84 Å². The number of amides is 1. The molecule has 1 aliphatic heterocycles. The van der Waals surface area contributed by atoms with Crippen LogP contribution in [0.25, 0.3) is 0 Å². The highest BCUT2D eigenvalue weighted by atomic mass is 16.5. The van der Waals surface area contributed by atoms with Crippen LogP contribution in [0.2, 0.25) is 0 Å². The molecule has 6 nitrogen and oxygen atoms in total. The van der Waals surface area contributed by atoms with Crippen LogP contribution in [-0.4, -0.2) is 47.4 Å². The Morgan fingerprint density at radius 3 is 2.48 bits per heavy atom. The molecule has 1 spiro atoms. The number of carbonyl (C=O) groups excluding carboxylic acids is 1. The van der Waals surface area contributed by atoms with E-state index >= 15 is 0 Å². The van der Waals surface area contributed by atoms with Crippen LogP contribution in [0.4, 0.5) is 0 Å². The third-order valence-electron chi connectivity index (χ3n) is 5.42. The van der Waals surface area contributed by atoms with Gasteiger partial charge in [0.15, 0.2) is 0 Å². The second kappa shape index (κ2) is 5.93. The monoisotopic (exact) mass is 299 g/mol. The average Bonchev–Trinajstić information content (AvgIpc) is 2.46. The van der Waals surface area contributed by atoms with Gasteiger partial charge in [0.2, 0.25) is 5.91 Å². The molecule has 1 saturated carbocycles. The Bertz CT molecular complexity index is 418. The number of carboxylic acid groups (broad SMARTS) is 1. The molecule has 0 bridgehead atoms. The van der Waals surface area contributed by atoms with Crippen LogP contribution in [0.5, 0.6) is 0 Å². The number of carboxylic acids is 1. The van der Waals surface area contributed by atoms with Crippen molar-refractivity contribution in [1.29, 1.82) is 0 Å². The van der Waals surface area contributed by atoms with Crippen molar-refractivity contribution in [3.63, 3.8) is 0 Å². The molecule has 6 heteroatoms. The first kappa shape index (κ1) is 16.2. The maximum atomic E-state index is 12.5. The predicted molar refractivity (Wildman–Crippen MR) is 75.7 cm³/mol. The topological polar surface area (TPSA) is 95.9 Å². The summed E-state index contributed by atoms with van der Waals surface area (Å²) >= 11 is 0. The molecule has 2 rings (SSSR count). The maximum absolute atomic E-state index is 12.5. The molecule has 120 valence electrons. The van der Waals surface area contributed by atoms with Crippen molar-refractivity contribution < 1.29 is 24.5 Å². The van der Waals surface area contributed by atoms with Crippen molar-refractivity contribution in [3.05, 3.63) is 0 Å². The molecule has 3 N–H and O–H groups in total. The number of aliphatic carboxylic acids is 1. The second-order valence-electron chi connectivity index (χ2n) is 6.61. The number of hydrogen-bond acceptors (Lipinski definition) is 4. The highest BCUT2D eigenvalue weighted by Crippen LogP contribution is 2.49. The zero-order valence-corrected chi connectivity index (χ0v) is 12.7. The number of carbonyl (C=O) groups is 2. The largest absolute Gasteiger partial charge is 0.481 e. The fraction of sp³-hybridized carbons (Fsp3) is 0.867. The summed E-state index contributed by atoms with van der Waals surface area (Å²) in [5, 5.41) is 22.1. The molecule has 0 aromatic heterocycles. The summed E-state index contributed by atoms with van der Waals surface area (Å²) in [6.45, 7) is 4.71. The smallest absolute Gasteiger partial charge is 0.304 e. The summed E-state index contributed by atoms with van der Waals surface area (Å²) in [5.41, 5.74) is -1.19. The van der Waals surface area contributed by atoms with E-state index < -0.39 is 17.5 Å². The summed E-state index contributed by atoms with van der Waals surface area (Å²) in [6, 6.07) is -0.0800. The van der Waals surface area contributed by atoms with Gasteiger partial charge in [0.05, 0.1) is 17.9 Å². The van der Waals surface area contributed by atoms with Crippen LogP contribution in [0.15, 0.2) is 0 Å². The summed E-state index contributed by atoms with van der Waals surface area (Å²) in [7, 11) is 0. The van der Waals surface area contributed by atoms with Gasteiger partial charge in [0, 0.05) is 24.7 Å². The van der Waals surface area contributed by atoms with E-state index in [0.717, 1.165) is 12.8 Å². The molecule has 1 heterocycles. The van der Waals surface area contributed by atoms with Crippen molar-refractivity contribution >= 4 is 11.9 Å². The molecule has 1 aliphatic carbocycles. The summed E-state index contributed by atoms with van der Waals surface area (Å²) in [6.07, 6.45) is 1.90. The lowest BCUT2D eigenvalue weighted by atomic mass is 9.57. The van der Waals surface area contributed by atoms with Crippen molar-refractivity contribution in [2.45, 2.75) is 58.1 Å². The number of aliphatic hydroxyl groups is 1. The van der Waals surface area contributed by atoms with E-state index in [1.165, 1.54) is 0 Å². The van der Waals surface area contributed by atoms with Crippen LogP contribution in [0.1, 0.15) is 46.0 Å². The molecule has 0 aromatic carbocycles. The zero-order valence-electron chi connectivity index (χ0n) is 12.7. The average molecular weight is 299 g/mol. The summed E-state index contributed by atoms with van der Waals surface area (Å²) < 4.78 is 5.34. The maximum Gasteiger partial charge on any atom is 0.304 e. The lowest BCUT2D eigenvalue weighted by Crippen LogP contribution is -2.66. The fourth-order valence-electron chi connectivity index (χ4n) is 3.43. The number of aliphatic hydroxyl groups excluding tert-OH is 1. The molecular weight excluding hydrogens is 274 g/mol. The van der Waals surface area contributed by atoms with Gasteiger partial charge in [-0.05, 0) is 25.7 Å². The van der Waals surface area contributed by atoms with E-state index in [-0.39, 0.29) is 23.8 Å². The molecule has 2 fully saturated rings. The lowest BCUT2D eigenvalue weighted by Gasteiger charge is -2.56. The van der Waals surface area contributed by atoms with Crippen LogP contribution >= 0.6 is 0 Å². The van der Waals surface area contributed by atoms with Gasteiger partial charge in [-0.2, -0.15) is 0 Å². The van der Waals surface area contributed by atoms with E-state index in [1.54, 1.807) is 6.92 Å². The highest BCUT2D eigenvalue weighted by molar-refractivity contribution is 5.86. The first-order valence-corrected chi connectivity index (χ1v) is 7.62.